The molecule has 3 N–H and O–H groups in total. The SMILES string of the molecule is COc1cc(CCCN)c(O)cc1C. The van der Waals surface area contributed by atoms with Gasteiger partial charge in [0.25, 0.3) is 0 Å². The van der Waals surface area contributed by atoms with Crippen LogP contribution in [0.3, 0.4) is 0 Å². The summed E-state index contributed by atoms with van der Waals surface area (Å²) in [5.74, 6) is 1.14. The van der Waals surface area contributed by atoms with Crippen molar-refractivity contribution in [1.82, 2.24) is 0 Å². The smallest absolute Gasteiger partial charge is 0.122 e. The molecule has 3 nitrogen and oxygen atoms in total. The van der Waals surface area contributed by atoms with Gasteiger partial charge in [0, 0.05) is 0 Å². The van der Waals surface area contributed by atoms with Crippen LogP contribution in [0.25, 0.3) is 0 Å². The Kier molecular flexibility index (Phi) is 3.77. The molecule has 0 amide bonds. The number of benzene rings is 1. The first kappa shape index (κ1) is 10.9. The van der Waals surface area contributed by atoms with Crippen molar-refractivity contribution in [1.29, 1.82) is 0 Å². The summed E-state index contributed by atoms with van der Waals surface area (Å²) in [4.78, 5) is 0. The Morgan fingerprint density at radius 2 is 2.14 bits per heavy atom. The molecule has 0 aliphatic carbocycles. The highest BCUT2D eigenvalue weighted by Crippen LogP contribution is 2.27. The fourth-order valence-corrected chi connectivity index (χ4v) is 1.43. The molecule has 0 aliphatic rings. The molecule has 78 valence electrons. The summed E-state index contributed by atoms with van der Waals surface area (Å²) in [6.07, 6.45) is 1.67. The van der Waals surface area contributed by atoms with Crippen molar-refractivity contribution in [3.8, 4) is 11.5 Å². The third-order valence-electron chi connectivity index (χ3n) is 2.25. The van der Waals surface area contributed by atoms with Crippen LogP contribution in [0.1, 0.15) is 17.5 Å². The summed E-state index contributed by atoms with van der Waals surface area (Å²) in [6.45, 7) is 2.54. The molecule has 0 unspecified atom stereocenters. The molecule has 0 saturated carbocycles. The van der Waals surface area contributed by atoms with Crippen molar-refractivity contribution in [2.24, 2.45) is 5.73 Å². The number of ether oxygens (including phenoxy) is 1. The topological polar surface area (TPSA) is 55.5 Å². The average molecular weight is 195 g/mol. The van der Waals surface area contributed by atoms with Crippen LogP contribution in [0.15, 0.2) is 12.1 Å². The molecule has 0 bridgehead atoms. The van der Waals surface area contributed by atoms with Gasteiger partial charge in [0.1, 0.15) is 11.5 Å². The summed E-state index contributed by atoms with van der Waals surface area (Å²) in [5, 5.41) is 9.64. The van der Waals surface area contributed by atoms with Gasteiger partial charge in [-0.1, -0.05) is 0 Å². The highest BCUT2D eigenvalue weighted by Gasteiger charge is 2.06. The zero-order valence-electron chi connectivity index (χ0n) is 8.71. The fraction of sp³-hybridized carbons (Fsp3) is 0.455. The van der Waals surface area contributed by atoms with Crippen molar-refractivity contribution < 1.29 is 9.84 Å². The molecule has 0 aliphatic heterocycles. The molecule has 0 fully saturated rings. The van der Waals surface area contributed by atoms with Crippen molar-refractivity contribution in [3.05, 3.63) is 23.3 Å². The van der Waals surface area contributed by atoms with E-state index in [2.05, 4.69) is 0 Å². The minimum Gasteiger partial charge on any atom is -0.508 e. The Morgan fingerprint density at radius 3 is 2.71 bits per heavy atom. The molecule has 0 aromatic heterocycles. The van der Waals surface area contributed by atoms with E-state index in [1.165, 1.54) is 0 Å². The molecular weight excluding hydrogens is 178 g/mol. The number of methoxy groups -OCH3 is 1. The molecule has 3 heteroatoms. The maximum Gasteiger partial charge on any atom is 0.122 e. The summed E-state index contributed by atoms with van der Waals surface area (Å²) >= 11 is 0. The van der Waals surface area contributed by atoms with E-state index in [0.717, 1.165) is 29.7 Å². The predicted octanol–water partition coefficient (Wildman–Crippen LogP) is 1.60. The number of phenols is 1. The highest BCUT2D eigenvalue weighted by molar-refractivity contribution is 5.45. The molecule has 1 rings (SSSR count). The fourth-order valence-electron chi connectivity index (χ4n) is 1.43. The minimum atomic E-state index is 0.330. The van der Waals surface area contributed by atoms with Crippen LogP contribution >= 0.6 is 0 Å². The maximum absolute atomic E-state index is 9.64. The highest BCUT2D eigenvalue weighted by atomic mass is 16.5. The number of hydrogen-bond acceptors (Lipinski definition) is 3. The second-order valence-corrected chi connectivity index (χ2v) is 3.34. The Morgan fingerprint density at radius 1 is 1.43 bits per heavy atom. The average Bonchev–Trinajstić information content (AvgIpc) is 2.17. The van der Waals surface area contributed by atoms with E-state index in [1.807, 2.05) is 13.0 Å². The number of hydrogen-bond donors (Lipinski definition) is 2. The van der Waals surface area contributed by atoms with Crippen LogP contribution in [-0.2, 0) is 6.42 Å². The van der Waals surface area contributed by atoms with Crippen LogP contribution < -0.4 is 10.5 Å². The normalized spacial score (nSPS) is 10.2. The molecule has 0 atom stereocenters. The van der Waals surface area contributed by atoms with Gasteiger partial charge in [-0.3, -0.25) is 0 Å². The molecular formula is C11H17NO2. The third-order valence-corrected chi connectivity index (χ3v) is 2.25. The minimum absolute atomic E-state index is 0.330. The number of rotatable bonds is 4. The first-order chi connectivity index (χ1) is 6.69. The van der Waals surface area contributed by atoms with E-state index in [9.17, 15) is 5.11 Å². The lowest BCUT2D eigenvalue weighted by Gasteiger charge is -2.09. The van der Waals surface area contributed by atoms with Gasteiger partial charge in [-0.25, -0.2) is 0 Å². The van der Waals surface area contributed by atoms with Crippen LogP contribution in [0.4, 0.5) is 0 Å². The first-order valence-electron chi connectivity index (χ1n) is 4.75. The lowest BCUT2D eigenvalue weighted by atomic mass is 10.1. The summed E-state index contributed by atoms with van der Waals surface area (Å²) in [7, 11) is 1.63. The zero-order valence-corrected chi connectivity index (χ0v) is 8.71. The van der Waals surface area contributed by atoms with E-state index in [4.69, 9.17) is 10.5 Å². The van der Waals surface area contributed by atoms with Crippen molar-refractivity contribution in [2.45, 2.75) is 19.8 Å². The standard InChI is InChI=1S/C11H17NO2/c1-8-6-10(13)9(4-3-5-12)7-11(8)14-2/h6-7,13H,3-5,12H2,1-2H3. The summed E-state index contributed by atoms with van der Waals surface area (Å²) < 4.78 is 5.18. The van der Waals surface area contributed by atoms with Gasteiger partial charge in [-0.15, -0.1) is 0 Å². The van der Waals surface area contributed by atoms with Gasteiger partial charge in [0.05, 0.1) is 7.11 Å². The van der Waals surface area contributed by atoms with Gasteiger partial charge >= 0.3 is 0 Å². The van der Waals surface area contributed by atoms with E-state index in [1.54, 1.807) is 13.2 Å². The van der Waals surface area contributed by atoms with Crippen LogP contribution in [0.5, 0.6) is 11.5 Å². The number of phenolic OH excluding ortho intramolecular Hbond substituents is 1. The molecule has 0 spiro atoms. The summed E-state index contributed by atoms with van der Waals surface area (Å²) in [6, 6.07) is 3.60. The van der Waals surface area contributed by atoms with Crippen molar-refractivity contribution in [2.75, 3.05) is 13.7 Å². The van der Waals surface area contributed by atoms with Gasteiger partial charge in [-0.05, 0) is 49.6 Å². The van der Waals surface area contributed by atoms with Crippen LogP contribution in [0, 0.1) is 6.92 Å². The molecule has 0 radical (unpaired) electrons. The summed E-state index contributed by atoms with van der Waals surface area (Å²) in [5.41, 5.74) is 7.26. The largest absolute Gasteiger partial charge is 0.508 e. The van der Waals surface area contributed by atoms with Crippen molar-refractivity contribution in [3.63, 3.8) is 0 Å². The van der Waals surface area contributed by atoms with Crippen LogP contribution in [0.2, 0.25) is 0 Å². The second kappa shape index (κ2) is 4.86. The Labute approximate surface area is 84.5 Å². The molecule has 0 saturated heterocycles. The Bertz CT molecular complexity index is 310. The maximum atomic E-state index is 9.64. The molecule has 1 aromatic carbocycles. The van der Waals surface area contributed by atoms with E-state index >= 15 is 0 Å². The first-order valence-corrected chi connectivity index (χ1v) is 4.75. The van der Waals surface area contributed by atoms with Gasteiger partial charge in [0.2, 0.25) is 0 Å². The monoisotopic (exact) mass is 195 g/mol. The van der Waals surface area contributed by atoms with E-state index in [0.29, 0.717) is 12.3 Å². The number of aryl methyl sites for hydroxylation is 2. The number of aromatic hydroxyl groups is 1. The van der Waals surface area contributed by atoms with Crippen LogP contribution in [-0.4, -0.2) is 18.8 Å². The zero-order chi connectivity index (χ0) is 10.6. The number of nitrogens with two attached hydrogens (primary N) is 1. The molecule has 1 aromatic rings. The third kappa shape index (κ3) is 2.39. The quantitative estimate of drug-likeness (QED) is 0.767. The van der Waals surface area contributed by atoms with E-state index < -0.39 is 0 Å². The lowest BCUT2D eigenvalue weighted by Crippen LogP contribution is -2.01. The second-order valence-electron chi connectivity index (χ2n) is 3.34. The molecule has 0 heterocycles. The predicted molar refractivity (Wildman–Crippen MR) is 56.8 cm³/mol. The molecule has 14 heavy (non-hydrogen) atoms. The van der Waals surface area contributed by atoms with Gasteiger partial charge in [0.15, 0.2) is 0 Å². The van der Waals surface area contributed by atoms with Crippen molar-refractivity contribution >= 4 is 0 Å². The Hall–Kier alpha value is -1.22. The lowest BCUT2D eigenvalue weighted by molar-refractivity contribution is 0.407. The van der Waals surface area contributed by atoms with Gasteiger partial charge < -0.3 is 15.6 Å². The Balaban J connectivity index is 2.92. The van der Waals surface area contributed by atoms with Gasteiger partial charge in [-0.2, -0.15) is 0 Å². The van der Waals surface area contributed by atoms with E-state index in [-0.39, 0.29) is 0 Å².